The number of hydrogen-bond acceptors (Lipinski definition) is 2. The van der Waals surface area contributed by atoms with Gasteiger partial charge in [0.05, 0.1) is 6.61 Å². The topological polar surface area (TPSA) is 23.5 Å². The first-order chi connectivity index (χ1) is 13.2. The number of aliphatic hydroxyl groups excluding tert-OH is 1. The molecule has 0 fully saturated rings. The molecule has 0 amide bonds. The van der Waals surface area contributed by atoms with E-state index in [1.54, 1.807) is 0 Å². The van der Waals surface area contributed by atoms with Crippen molar-refractivity contribution in [2.75, 3.05) is 20.6 Å². The van der Waals surface area contributed by atoms with Gasteiger partial charge in [-0.25, -0.2) is 0 Å². The fourth-order valence-corrected chi connectivity index (χ4v) is 3.20. The molecule has 0 heterocycles. The van der Waals surface area contributed by atoms with Crippen LogP contribution >= 0.6 is 0 Å². The second-order valence-electron chi connectivity index (χ2n) is 6.95. The van der Waals surface area contributed by atoms with Crippen molar-refractivity contribution in [2.45, 2.75) is 13.0 Å². The minimum absolute atomic E-state index is 0. The van der Waals surface area contributed by atoms with E-state index in [0.29, 0.717) is 0 Å². The zero-order valence-corrected chi connectivity index (χ0v) is 20.4. The molecule has 5 heteroatoms. The van der Waals surface area contributed by atoms with Gasteiger partial charge in [0.1, 0.15) is 0 Å². The van der Waals surface area contributed by atoms with Crippen LogP contribution in [0.25, 0.3) is 16.3 Å². The Hall–Kier alpha value is -1.39. The van der Waals surface area contributed by atoms with Crippen molar-refractivity contribution in [1.82, 2.24) is 4.90 Å². The van der Waals surface area contributed by atoms with E-state index in [-0.39, 0.29) is 53.1 Å². The van der Waals surface area contributed by atoms with Crippen molar-refractivity contribution < 1.29 is 51.6 Å². The normalized spacial score (nSPS) is 11.9. The molecule has 0 unspecified atom stereocenters. The number of halogens is 2. The predicted octanol–water partition coefficient (Wildman–Crippen LogP) is -0.901. The minimum Gasteiger partial charge on any atom is -1.00 e. The number of fused-ring (bicyclic) bond motifs is 1. The largest absolute Gasteiger partial charge is 3.00 e. The summed E-state index contributed by atoms with van der Waals surface area (Å²) in [7, 11) is 4.22. The zero-order chi connectivity index (χ0) is 19.1. The average Bonchev–Trinajstić information content (AvgIpc) is 3.16. The van der Waals surface area contributed by atoms with Crippen molar-refractivity contribution in [3.8, 4) is 0 Å². The smallest absolute Gasteiger partial charge is 1.00 e. The molecule has 0 bridgehead atoms. The van der Waals surface area contributed by atoms with Crippen LogP contribution in [0.4, 0.5) is 0 Å². The summed E-state index contributed by atoms with van der Waals surface area (Å²) in [5.41, 5.74) is 5.03. The average molecular weight is 475 g/mol. The van der Waals surface area contributed by atoms with Crippen LogP contribution in [-0.4, -0.2) is 30.6 Å². The Kier molecular flexibility index (Phi) is 13.9. The number of hydrogen-bond donors (Lipinski definition) is 1. The van der Waals surface area contributed by atoms with Crippen molar-refractivity contribution >= 4 is 16.3 Å². The molecule has 4 rings (SSSR count). The summed E-state index contributed by atoms with van der Waals surface area (Å²) < 4.78 is 0. The van der Waals surface area contributed by atoms with Crippen LogP contribution in [-0.2, 0) is 28.3 Å². The molecule has 0 atom stereocenters. The zero-order valence-electron chi connectivity index (χ0n) is 17.3. The number of rotatable bonds is 4. The monoisotopic (exact) mass is 474 g/mol. The minimum atomic E-state index is 0. The predicted molar refractivity (Wildman–Crippen MR) is 114 cm³/mol. The van der Waals surface area contributed by atoms with E-state index in [1.165, 1.54) is 27.5 Å². The standard InChI is InChI=1S/C18H18N.C7H8O.2ClH.Ti/c1-19(2)13-17-8-5-9-18(17)16-11-10-14-6-3-4-7-15(14)12-16;8-6-7-4-2-1-3-5-7;;;/h3-8,10-11H,9,13H2,1-2H3;1-5,8H,6H2;2*1H;/q-1;;;;+3/p-2. The Bertz CT molecular complexity index is 956. The SMILES string of the molecule is CN(C)CC1=C(c2[c-]c3ccccc3cc2)CC=C1.OCc1ccccc1.[Cl-].[Cl-].[Ti+3]. The number of allylic oxidation sites excluding steroid dienone is 2. The Morgan fingerprint density at radius 2 is 1.57 bits per heavy atom. The summed E-state index contributed by atoms with van der Waals surface area (Å²) in [6, 6.07) is 25.9. The van der Waals surface area contributed by atoms with Gasteiger partial charge in [0.25, 0.3) is 0 Å². The Morgan fingerprint density at radius 1 is 0.900 bits per heavy atom. The Morgan fingerprint density at radius 3 is 2.20 bits per heavy atom. The number of nitrogens with zero attached hydrogens (tertiary/aromatic N) is 1. The van der Waals surface area contributed by atoms with Crippen LogP contribution in [0.15, 0.2) is 84.5 Å². The van der Waals surface area contributed by atoms with Crippen molar-refractivity contribution in [1.29, 1.82) is 0 Å². The Labute approximate surface area is 207 Å². The number of likely N-dealkylation sites (N-methyl/N-ethyl adjacent to an activating group) is 1. The van der Waals surface area contributed by atoms with Crippen LogP contribution in [0.3, 0.4) is 0 Å². The summed E-state index contributed by atoms with van der Waals surface area (Å²) in [6.07, 6.45) is 5.52. The van der Waals surface area contributed by atoms with Crippen molar-refractivity contribution in [3.05, 3.63) is 102 Å². The van der Waals surface area contributed by atoms with Crippen LogP contribution in [0.5, 0.6) is 0 Å². The fourth-order valence-electron chi connectivity index (χ4n) is 3.20. The van der Waals surface area contributed by atoms with Crippen LogP contribution < -0.4 is 24.8 Å². The second-order valence-corrected chi connectivity index (χ2v) is 6.95. The molecule has 0 aromatic heterocycles. The quantitative estimate of drug-likeness (QED) is 0.391. The molecule has 1 N–H and O–H groups in total. The van der Waals surface area contributed by atoms with Gasteiger partial charge in [-0.2, -0.15) is 0 Å². The van der Waals surface area contributed by atoms with Gasteiger partial charge in [-0.05, 0) is 26.1 Å². The first kappa shape index (κ1) is 28.6. The maximum Gasteiger partial charge on any atom is 3.00 e. The van der Waals surface area contributed by atoms with Gasteiger partial charge in [-0.3, -0.25) is 0 Å². The molecule has 3 aromatic carbocycles. The molecular formula is C25H26Cl2NOTi. The molecule has 0 saturated heterocycles. The van der Waals surface area contributed by atoms with Gasteiger partial charge in [0.2, 0.25) is 0 Å². The number of benzene rings is 3. The fraction of sp³-hybridized carbons (Fsp3) is 0.200. The van der Waals surface area contributed by atoms with Gasteiger partial charge in [-0.1, -0.05) is 77.2 Å². The van der Waals surface area contributed by atoms with E-state index < -0.39 is 0 Å². The van der Waals surface area contributed by atoms with Crippen LogP contribution in [0, 0.1) is 6.07 Å². The summed E-state index contributed by atoms with van der Waals surface area (Å²) >= 11 is 0. The maximum absolute atomic E-state index is 8.54. The third-order valence-corrected chi connectivity index (χ3v) is 4.53. The first-order valence-electron chi connectivity index (χ1n) is 9.27. The van der Waals surface area contributed by atoms with Gasteiger partial charge >= 0.3 is 21.7 Å². The van der Waals surface area contributed by atoms with Crippen molar-refractivity contribution in [3.63, 3.8) is 0 Å². The molecule has 1 aliphatic rings. The third kappa shape index (κ3) is 8.04. The van der Waals surface area contributed by atoms with E-state index in [9.17, 15) is 0 Å². The summed E-state index contributed by atoms with van der Waals surface area (Å²) in [5.74, 6) is 0. The first-order valence-corrected chi connectivity index (χ1v) is 9.27. The van der Waals surface area contributed by atoms with Crippen LogP contribution in [0.2, 0.25) is 0 Å². The molecule has 1 aliphatic carbocycles. The summed E-state index contributed by atoms with van der Waals surface area (Å²) in [4.78, 5) is 2.21. The molecule has 0 spiro atoms. The van der Waals surface area contributed by atoms with Gasteiger partial charge in [-0.15, -0.1) is 35.2 Å². The molecule has 30 heavy (non-hydrogen) atoms. The molecule has 0 saturated carbocycles. The van der Waals surface area contributed by atoms with Crippen LogP contribution in [0.1, 0.15) is 17.5 Å². The Balaban J connectivity index is 0.000000659. The molecule has 1 radical (unpaired) electrons. The summed E-state index contributed by atoms with van der Waals surface area (Å²) in [6.45, 7) is 1.13. The third-order valence-electron chi connectivity index (χ3n) is 4.53. The van der Waals surface area contributed by atoms with E-state index in [0.717, 1.165) is 18.5 Å². The van der Waals surface area contributed by atoms with Gasteiger partial charge in [0.15, 0.2) is 0 Å². The molecule has 155 valence electrons. The molecule has 2 nitrogen and oxygen atoms in total. The number of aliphatic hydroxyl groups is 1. The van der Waals surface area contributed by atoms with E-state index in [4.69, 9.17) is 5.11 Å². The van der Waals surface area contributed by atoms with Gasteiger partial charge < -0.3 is 34.8 Å². The van der Waals surface area contributed by atoms with Crippen molar-refractivity contribution in [2.24, 2.45) is 0 Å². The molecule has 0 aliphatic heterocycles. The van der Waals surface area contributed by atoms with E-state index >= 15 is 0 Å². The molecule has 3 aromatic rings. The second kappa shape index (κ2) is 14.6. The summed E-state index contributed by atoms with van der Waals surface area (Å²) in [5, 5.41) is 11.0. The van der Waals surface area contributed by atoms with E-state index in [2.05, 4.69) is 73.6 Å². The molecular weight excluding hydrogens is 449 g/mol. The van der Waals surface area contributed by atoms with E-state index in [1.807, 2.05) is 30.3 Å². The maximum atomic E-state index is 8.54. The van der Waals surface area contributed by atoms with Gasteiger partial charge in [0, 0.05) is 6.54 Å².